The van der Waals surface area contributed by atoms with Gasteiger partial charge in [-0.25, -0.2) is 8.42 Å². The van der Waals surface area contributed by atoms with E-state index in [0.717, 1.165) is 36.5 Å². The molecule has 0 bridgehead atoms. The van der Waals surface area contributed by atoms with E-state index in [0.29, 0.717) is 25.5 Å². The van der Waals surface area contributed by atoms with E-state index >= 15 is 0 Å². The van der Waals surface area contributed by atoms with Crippen molar-refractivity contribution in [2.75, 3.05) is 20.2 Å². The van der Waals surface area contributed by atoms with Crippen LogP contribution in [0.3, 0.4) is 0 Å². The predicted molar refractivity (Wildman–Crippen MR) is 121 cm³/mol. The van der Waals surface area contributed by atoms with Gasteiger partial charge in [0.25, 0.3) is 0 Å². The van der Waals surface area contributed by atoms with Gasteiger partial charge in [-0.1, -0.05) is 30.3 Å². The molecule has 7 nitrogen and oxygen atoms in total. The molecule has 3 rings (SSSR count). The molecule has 1 amide bonds. The summed E-state index contributed by atoms with van der Waals surface area (Å²) < 4.78 is 72.2. The number of carbonyl (C=O) groups excluding carboxylic acids is 1. The van der Waals surface area contributed by atoms with Gasteiger partial charge in [-0.15, -0.1) is 0 Å². The number of rotatable bonds is 8. The standard InChI is InChI=1S/C23H28F3N3O4S/c1-16(28-34(31,32)21-10-6-4-8-19(21)23(24,25)26)22(30)27-18-11-13-29(14-12-18)15-17-7-3-5-9-20(17)33-2/h3-10,16,18,28H,11-15H2,1-2H3,(H,27,30)/t16-/m0/s1. The number of hydrogen-bond acceptors (Lipinski definition) is 5. The predicted octanol–water partition coefficient (Wildman–Crippen LogP) is 3.16. The molecule has 1 atom stereocenters. The highest BCUT2D eigenvalue weighted by molar-refractivity contribution is 7.89. The number of piperidine rings is 1. The molecule has 1 saturated heterocycles. The number of methoxy groups -OCH3 is 1. The maximum absolute atomic E-state index is 13.2. The lowest BCUT2D eigenvalue weighted by Crippen LogP contribution is -2.51. The number of benzene rings is 2. The number of halogens is 3. The van der Waals surface area contributed by atoms with Crippen molar-refractivity contribution in [3.8, 4) is 5.75 Å². The third-order valence-electron chi connectivity index (χ3n) is 5.73. The van der Waals surface area contributed by atoms with Crippen molar-refractivity contribution in [3.05, 3.63) is 59.7 Å². The molecule has 0 saturated carbocycles. The van der Waals surface area contributed by atoms with E-state index in [9.17, 15) is 26.4 Å². The number of likely N-dealkylation sites (tertiary alicyclic amines) is 1. The molecule has 0 aromatic heterocycles. The first-order valence-corrected chi connectivity index (χ1v) is 12.3. The molecule has 2 aromatic carbocycles. The maximum atomic E-state index is 13.2. The molecule has 1 aliphatic rings. The van der Waals surface area contributed by atoms with Crippen molar-refractivity contribution in [2.45, 2.75) is 49.5 Å². The van der Waals surface area contributed by atoms with Crippen LogP contribution >= 0.6 is 0 Å². The van der Waals surface area contributed by atoms with Gasteiger partial charge in [0, 0.05) is 31.2 Å². The van der Waals surface area contributed by atoms with Gasteiger partial charge in [-0.2, -0.15) is 17.9 Å². The van der Waals surface area contributed by atoms with Crippen molar-refractivity contribution in [3.63, 3.8) is 0 Å². The highest BCUT2D eigenvalue weighted by atomic mass is 32.2. The van der Waals surface area contributed by atoms with Gasteiger partial charge in [-0.3, -0.25) is 9.69 Å². The number of nitrogens with zero attached hydrogens (tertiary/aromatic N) is 1. The molecule has 0 aliphatic carbocycles. The zero-order valence-electron chi connectivity index (χ0n) is 18.9. The highest BCUT2D eigenvalue weighted by Gasteiger charge is 2.37. The van der Waals surface area contributed by atoms with E-state index in [1.807, 2.05) is 24.3 Å². The summed E-state index contributed by atoms with van der Waals surface area (Å²) in [7, 11) is -2.94. The Kier molecular flexibility index (Phi) is 8.21. The topological polar surface area (TPSA) is 87.7 Å². The third-order valence-corrected chi connectivity index (χ3v) is 7.33. The van der Waals surface area contributed by atoms with Crippen LogP contribution in [-0.2, 0) is 27.5 Å². The molecule has 2 N–H and O–H groups in total. The Bertz CT molecular complexity index is 1100. The summed E-state index contributed by atoms with van der Waals surface area (Å²) in [6.07, 6.45) is -3.51. The Balaban J connectivity index is 1.55. The smallest absolute Gasteiger partial charge is 0.417 e. The second kappa shape index (κ2) is 10.7. The van der Waals surface area contributed by atoms with Crippen molar-refractivity contribution in [2.24, 2.45) is 0 Å². The number of amides is 1. The molecule has 0 spiro atoms. The van der Waals surface area contributed by atoms with Crippen LogP contribution in [0.25, 0.3) is 0 Å². The van der Waals surface area contributed by atoms with Crippen LogP contribution in [0, 0.1) is 0 Å². The summed E-state index contributed by atoms with van der Waals surface area (Å²) in [6.45, 7) is 3.46. The van der Waals surface area contributed by atoms with Crippen molar-refractivity contribution in [1.82, 2.24) is 14.9 Å². The summed E-state index contributed by atoms with van der Waals surface area (Å²) in [5.41, 5.74) is -0.216. The SMILES string of the molecule is COc1ccccc1CN1CCC(NC(=O)[C@H](C)NS(=O)(=O)c2ccccc2C(F)(F)F)CC1. The van der Waals surface area contributed by atoms with Gasteiger partial charge in [0.05, 0.1) is 23.6 Å². The highest BCUT2D eigenvalue weighted by Crippen LogP contribution is 2.34. The van der Waals surface area contributed by atoms with Gasteiger partial charge in [-0.05, 0) is 38.0 Å². The fraction of sp³-hybridized carbons (Fsp3) is 0.435. The van der Waals surface area contributed by atoms with Crippen LogP contribution in [0.5, 0.6) is 5.75 Å². The first-order valence-electron chi connectivity index (χ1n) is 10.8. The number of para-hydroxylation sites is 1. The van der Waals surface area contributed by atoms with Crippen molar-refractivity contribution < 1.29 is 31.1 Å². The second-order valence-corrected chi connectivity index (χ2v) is 9.89. The molecule has 0 radical (unpaired) electrons. The van der Waals surface area contributed by atoms with Crippen LogP contribution in [-0.4, -0.2) is 51.5 Å². The minimum atomic E-state index is -4.84. The summed E-state index contributed by atoms with van der Waals surface area (Å²) in [5, 5.41) is 2.81. The zero-order chi connectivity index (χ0) is 24.9. The fourth-order valence-corrected chi connectivity index (χ4v) is 5.35. The van der Waals surface area contributed by atoms with Crippen LogP contribution < -0.4 is 14.8 Å². The average molecular weight is 500 g/mol. The summed E-state index contributed by atoms with van der Waals surface area (Å²) in [5.74, 6) is 0.224. The van der Waals surface area contributed by atoms with E-state index in [1.54, 1.807) is 7.11 Å². The third kappa shape index (κ3) is 6.49. The Labute approximate surface area is 197 Å². The Morgan fingerprint density at radius 2 is 1.74 bits per heavy atom. The van der Waals surface area contributed by atoms with Gasteiger partial charge >= 0.3 is 6.18 Å². The van der Waals surface area contributed by atoms with Crippen LogP contribution in [0.2, 0.25) is 0 Å². The Hall–Kier alpha value is -2.63. The summed E-state index contributed by atoms with van der Waals surface area (Å²) in [6, 6.07) is 10.2. The molecular formula is C23H28F3N3O4S. The van der Waals surface area contributed by atoms with E-state index in [4.69, 9.17) is 4.74 Å². The van der Waals surface area contributed by atoms with Gasteiger partial charge in [0.1, 0.15) is 5.75 Å². The fourth-order valence-electron chi connectivity index (χ4n) is 3.92. The lowest BCUT2D eigenvalue weighted by atomic mass is 10.0. The molecule has 0 unspecified atom stereocenters. The molecule has 1 heterocycles. The normalized spacial score (nSPS) is 16.7. The lowest BCUT2D eigenvalue weighted by Gasteiger charge is -2.33. The lowest BCUT2D eigenvalue weighted by molar-refractivity contribution is -0.139. The number of sulfonamides is 1. The average Bonchev–Trinajstić information content (AvgIpc) is 2.80. The number of alkyl halides is 3. The number of carbonyl (C=O) groups is 1. The van der Waals surface area contributed by atoms with E-state index < -0.39 is 38.6 Å². The summed E-state index contributed by atoms with van der Waals surface area (Å²) >= 11 is 0. The molecule has 2 aromatic rings. The van der Waals surface area contributed by atoms with E-state index in [-0.39, 0.29) is 6.04 Å². The molecule has 11 heteroatoms. The van der Waals surface area contributed by atoms with E-state index in [2.05, 4.69) is 14.9 Å². The number of hydrogen-bond donors (Lipinski definition) is 2. The second-order valence-electron chi connectivity index (χ2n) is 8.21. The summed E-state index contributed by atoms with van der Waals surface area (Å²) in [4.78, 5) is 13.9. The molecule has 34 heavy (non-hydrogen) atoms. The number of nitrogens with one attached hydrogen (secondary N) is 2. The van der Waals surface area contributed by atoms with Crippen molar-refractivity contribution >= 4 is 15.9 Å². The first kappa shape index (κ1) is 26.0. The van der Waals surface area contributed by atoms with Crippen molar-refractivity contribution in [1.29, 1.82) is 0 Å². The zero-order valence-corrected chi connectivity index (χ0v) is 19.7. The molecule has 1 fully saturated rings. The first-order chi connectivity index (χ1) is 16.0. The van der Waals surface area contributed by atoms with Gasteiger partial charge < -0.3 is 10.1 Å². The van der Waals surface area contributed by atoms with Gasteiger partial charge in [0.2, 0.25) is 15.9 Å². The minimum Gasteiger partial charge on any atom is -0.496 e. The Morgan fingerprint density at radius 3 is 2.38 bits per heavy atom. The Morgan fingerprint density at radius 1 is 1.12 bits per heavy atom. The van der Waals surface area contributed by atoms with E-state index in [1.165, 1.54) is 13.0 Å². The maximum Gasteiger partial charge on any atom is 0.417 e. The molecule has 1 aliphatic heterocycles. The quantitative estimate of drug-likeness (QED) is 0.583. The largest absolute Gasteiger partial charge is 0.496 e. The van der Waals surface area contributed by atoms with Crippen LogP contribution in [0.15, 0.2) is 53.4 Å². The monoisotopic (exact) mass is 499 g/mol. The molecular weight excluding hydrogens is 471 g/mol. The van der Waals surface area contributed by atoms with Gasteiger partial charge in [0.15, 0.2) is 0 Å². The van der Waals surface area contributed by atoms with Crippen LogP contribution in [0.1, 0.15) is 30.9 Å². The van der Waals surface area contributed by atoms with Crippen LogP contribution in [0.4, 0.5) is 13.2 Å². The minimum absolute atomic E-state index is 0.157. The molecule has 186 valence electrons. The number of ether oxygens (including phenoxy) is 1.